The van der Waals surface area contributed by atoms with Crippen LogP contribution >= 0.6 is 0 Å². The van der Waals surface area contributed by atoms with Crippen molar-refractivity contribution in [1.29, 1.82) is 0 Å². The first-order valence-corrected chi connectivity index (χ1v) is 17.3. The van der Waals surface area contributed by atoms with Crippen LogP contribution in [0.4, 0.5) is 0 Å². The SMILES string of the molecule is CCCCOc1ccc(C2CCC(OCCC[Si](OC(C)=CC(C)=O)(OC(C)=CC(C)=O)OC(C)=CC(C)=O)CC2)cc1. The molecule has 1 aromatic carbocycles. The molecule has 0 unspecified atom stereocenters. The Kier molecular flexibility index (Phi) is 15.5. The molecule has 0 bridgehead atoms. The summed E-state index contributed by atoms with van der Waals surface area (Å²) >= 11 is 0. The summed E-state index contributed by atoms with van der Waals surface area (Å²) in [6.45, 7) is 12.7. The molecule has 0 aliphatic heterocycles. The highest BCUT2D eigenvalue weighted by Gasteiger charge is 2.49. The monoisotopic (exact) mass is 614 g/mol. The van der Waals surface area contributed by atoms with Crippen molar-refractivity contribution in [2.24, 2.45) is 0 Å². The van der Waals surface area contributed by atoms with E-state index in [-0.39, 0.29) is 23.5 Å². The van der Waals surface area contributed by atoms with E-state index in [4.69, 9.17) is 22.8 Å². The van der Waals surface area contributed by atoms with E-state index in [1.165, 1.54) is 44.6 Å². The largest absolute Gasteiger partial charge is 0.698 e. The lowest BCUT2D eigenvalue weighted by Crippen LogP contribution is -2.45. The molecule has 0 N–H and O–H groups in total. The summed E-state index contributed by atoms with van der Waals surface area (Å²) in [6.07, 6.45) is 11.1. The maximum absolute atomic E-state index is 11.7. The van der Waals surface area contributed by atoms with Crippen LogP contribution in [-0.2, 0) is 32.4 Å². The van der Waals surface area contributed by atoms with Gasteiger partial charge in [0.1, 0.15) is 5.75 Å². The van der Waals surface area contributed by atoms with Gasteiger partial charge in [-0.1, -0.05) is 25.5 Å². The zero-order chi connectivity index (χ0) is 31.8. The quantitative estimate of drug-likeness (QED) is 0.0675. The molecule has 43 heavy (non-hydrogen) atoms. The van der Waals surface area contributed by atoms with Crippen molar-refractivity contribution in [1.82, 2.24) is 0 Å². The summed E-state index contributed by atoms with van der Waals surface area (Å²) in [4.78, 5) is 35.2. The molecule has 1 aliphatic rings. The Balaban J connectivity index is 2.03. The molecule has 0 amide bonds. The lowest BCUT2D eigenvalue weighted by molar-refractivity contribution is -0.113. The van der Waals surface area contributed by atoms with Crippen LogP contribution in [0.1, 0.15) is 105 Å². The summed E-state index contributed by atoms with van der Waals surface area (Å²) in [7, 11) is -3.59. The first kappa shape index (κ1) is 36.0. The fourth-order valence-corrected chi connectivity index (χ4v) is 7.83. The van der Waals surface area contributed by atoms with Gasteiger partial charge in [-0.05, 0) is 104 Å². The van der Waals surface area contributed by atoms with Gasteiger partial charge in [-0.25, -0.2) is 0 Å². The summed E-state index contributed by atoms with van der Waals surface area (Å²) in [5, 5.41) is 0. The molecular weight excluding hydrogens is 564 g/mol. The molecule has 0 heterocycles. The van der Waals surface area contributed by atoms with E-state index in [0.717, 1.165) is 50.9 Å². The number of hydrogen-bond donors (Lipinski definition) is 0. The maximum atomic E-state index is 11.7. The Hall–Kier alpha value is -3.17. The minimum atomic E-state index is -3.59. The summed E-state index contributed by atoms with van der Waals surface area (Å²) in [5.41, 5.74) is 1.35. The lowest BCUT2D eigenvalue weighted by atomic mass is 9.83. The van der Waals surface area contributed by atoms with Crippen LogP contribution in [-0.4, -0.2) is 45.5 Å². The van der Waals surface area contributed by atoms with Crippen LogP contribution in [0.25, 0.3) is 0 Å². The third-order valence-corrected chi connectivity index (χ3v) is 9.81. The van der Waals surface area contributed by atoms with Crippen molar-refractivity contribution >= 4 is 26.2 Å². The highest BCUT2D eigenvalue weighted by molar-refractivity contribution is 6.61. The molecule has 0 atom stereocenters. The molecule has 2 rings (SSSR count). The zero-order valence-corrected chi connectivity index (χ0v) is 28.0. The van der Waals surface area contributed by atoms with Crippen LogP contribution in [0.5, 0.6) is 5.75 Å². The Morgan fingerprint density at radius 3 is 1.65 bits per heavy atom. The van der Waals surface area contributed by atoms with Gasteiger partial charge in [-0.15, -0.1) is 0 Å². The summed E-state index contributed by atoms with van der Waals surface area (Å²) < 4.78 is 30.7. The van der Waals surface area contributed by atoms with Crippen molar-refractivity contribution in [3.05, 3.63) is 65.3 Å². The molecule has 238 valence electrons. The predicted octanol–water partition coefficient (Wildman–Crippen LogP) is 7.77. The van der Waals surface area contributed by atoms with Crippen LogP contribution < -0.4 is 4.74 Å². The van der Waals surface area contributed by atoms with Crippen LogP contribution in [0.3, 0.4) is 0 Å². The van der Waals surface area contributed by atoms with Crippen molar-refractivity contribution in [2.75, 3.05) is 13.2 Å². The molecule has 1 saturated carbocycles. The van der Waals surface area contributed by atoms with E-state index in [9.17, 15) is 14.4 Å². The molecule has 0 saturated heterocycles. The highest BCUT2D eigenvalue weighted by Crippen LogP contribution is 2.35. The molecule has 9 heteroatoms. The topological polar surface area (TPSA) is 97.4 Å². The van der Waals surface area contributed by atoms with E-state index in [0.29, 0.717) is 42.3 Å². The van der Waals surface area contributed by atoms with Crippen molar-refractivity contribution in [3.63, 3.8) is 0 Å². The fraction of sp³-hybridized carbons (Fsp3) is 0.559. The normalized spacial score (nSPS) is 19.3. The highest BCUT2D eigenvalue weighted by atomic mass is 28.4. The number of hydrogen-bond acceptors (Lipinski definition) is 8. The molecule has 1 fully saturated rings. The standard InChI is InChI=1S/C34H50O8Si/c1-8-9-19-38-33-15-11-31(12-16-33)32-13-17-34(18-14-32)39-20-10-21-43(40-28(5)22-25(2)35,41-29(6)23-26(3)36)42-30(7)24-27(4)37/h11-12,15-16,22-24,32,34H,8-10,13-14,17-21H2,1-7H3. The maximum Gasteiger partial charge on any atom is 0.698 e. The Morgan fingerprint density at radius 2 is 1.21 bits per heavy atom. The fourth-order valence-electron chi connectivity index (χ4n) is 5.17. The first-order valence-electron chi connectivity index (χ1n) is 15.4. The average Bonchev–Trinajstić information content (AvgIpc) is 2.90. The smallest absolute Gasteiger partial charge is 0.494 e. The Labute approximate surface area is 258 Å². The zero-order valence-electron chi connectivity index (χ0n) is 27.0. The van der Waals surface area contributed by atoms with E-state index >= 15 is 0 Å². The molecule has 1 aliphatic carbocycles. The van der Waals surface area contributed by atoms with Gasteiger partial charge in [0, 0.05) is 24.8 Å². The second-order valence-electron chi connectivity index (χ2n) is 11.3. The van der Waals surface area contributed by atoms with Gasteiger partial charge >= 0.3 is 8.80 Å². The van der Waals surface area contributed by atoms with Crippen LogP contribution in [0.2, 0.25) is 6.04 Å². The number of ether oxygens (including phenoxy) is 2. The van der Waals surface area contributed by atoms with Gasteiger partial charge in [0.25, 0.3) is 0 Å². The van der Waals surface area contributed by atoms with E-state index in [1.807, 2.05) is 0 Å². The second-order valence-corrected chi connectivity index (χ2v) is 13.8. The molecule has 1 aromatic rings. The molecular formula is C34H50O8Si. The van der Waals surface area contributed by atoms with E-state index in [1.54, 1.807) is 20.8 Å². The summed E-state index contributed by atoms with van der Waals surface area (Å²) in [6, 6.07) is 8.87. The Morgan fingerprint density at radius 1 is 0.721 bits per heavy atom. The average molecular weight is 615 g/mol. The van der Waals surface area contributed by atoms with Crippen molar-refractivity contribution < 1.29 is 37.1 Å². The number of unbranched alkanes of at least 4 members (excludes halogenated alkanes) is 1. The van der Waals surface area contributed by atoms with Gasteiger partial charge in [0.15, 0.2) is 17.3 Å². The van der Waals surface area contributed by atoms with Gasteiger partial charge in [0.2, 0.25) is 0 Å². The van der Waals surface area contributed by atoms with Crippen molar-refractivity contribution in [2.45, 2.75) is 111 Å². The van der Waals surface area contributed by atoms with Crippen LogP contribution in [0.15, 0.2) is 59.8 Å². The number of benzene rings is 1. The second kappa shape index (κ2) is 18.5. The van der Waals surface area contributed by atoms with Crippen molar-refractivity contribution in [3.8, 4) is 5.75 Å². The lowest BCUT2D eigenvalue weighted by Gasteiger charge is -2.32. The number of carbonyl (C=O) groups excluding carboxylic acids is 3. The van der Waals surface area contributed by atoms with Gasteiger partial charge < -0.3 is 22.8 Å². The third-order valence-electron chi connectivity index (χ3n) is 6.94. The Bertz CT molecular complexity index is 1060. The summed E-state index contributed by atoms with van der Waals surface area (Å²) in [5.74, 6) is 1.92. The van der Waals surface area contributed by atoms with Crippen LogP contribution in [0, 0.1) is 0 Å². The minimum Gasteiger partial charge on any atom is -0.494 e. The molecule has 0 aromatic heterocycles. The number of rotatable bonds is 19. The predicted molar refractivity (Wildman–Crippen MR) is 170 cm³/mol. The van der Waals surface area contributed by atoms with Gasteiger partial charge in [-0.3, -0.25) is 14.4 Å². The molecule has 8 nitrogen and oxygen atoms in total. The van der Waals surface area contributed by atoms with E-state index in [2.05, 4.69) is 31.2 Å². The number of carbonyl (C=O) groups is 3. The number of allylic oxidation sites excluding steroid dienone is 6. The third kappa shape index (κ3) is 14.2. The number of ketones is 3. The molecule has 0 radical (unpaired) electrons. The molecule has 0 spiro atoms. The van der Waals surface area contributed by atoms with Gasteiger partial charge in [0.05, 0.1) is 36.0 Å². The minimum absolute atomic E-state index is 0.171. The first-order chi connectivity index (χ1) is 20.4. The van der Waals surface area contributed by atoms with Gasteiger partial charge in [-0.2, -0.15) is 0 Å². The van der Waals surface area contributed by atoms with E-state index < -0.39 is 8.80 Å².